The Balaban J connectivity index is 1.86. The molecule has 23 heavy (non-hydrogen) atoms. The van der Waals surface area contributed by atoms with Crippen molar-refractivity contribution >= 4 is 11.7 Å². The van der Waals surface area contributed by atoms with E-state index in [0.29, 0.717) is 31.0 Å². The Hall–Kier alpha value is -2.56. The minimum Gasteiger partial charge on any atom is -0.492 e. The number of carbonyl (C=O) groups is 1. The van der Waals surface area contributed by atoms with Crippen LogP contribution in [0, 0.1) is 12.7 Å². The van der Waals surface area contributed by atoms with Crippen LogP contribution in [0.25, 0.3) is 0 Å². The van der Waals surface area contributed by atoms with Gasteiger partial charge in [0.05, 0.1) is 12.3 Å². The van der Waals surface area contributed by atoms with Crippen LogP contribution in [0.5, 0.6) is 5.75 Å². The topological polar surface area (TPSA) is 50.4 Å². The van der Waals surface area contributed by atoms with Crippen LogP contribution in [0.3, 0.4) is 0 Å². The molecule has 0 saturated heterocycles. The number of aryl methyl sites for hydroxylation is 1. The fourth-order valence-electron chi connectivity index (χ4n) is 2.15. The summed E-state index contributed by atoms with van der Waals surface area (Å²) >= 11 is 0. The first-order valence-corrected chi connectivity index (χ1v) is 7.61. The van der Waals surface area contributed by atoms with Gasteiger partial charge in [-0.05, 0) is 55.7 Å². The molecule has 0 fully saturated rings. The van der Waals surface area contributed by atoms with Gasteiger partial charge in [0.25, 0.3) is 0 Å². The quantitative estimate of drug-likeness (QED) is 0.849. The van der Waals surface area contributed by atoms with Crippen molar-refractivity contribution in [2.75, 3.05) is 18.5 Å². The van der Waals surface area contributed by atoms with Crippen molar-refractivity contribution in [1.82, 2.24) is 5.32 Å². The summed E-state index contributed by atoms with van der Waals surface area (Å²) in [6.45, 7) is 4.86. The van der Waals surface area contributed by atoms with E-state index in [-0.39, 0.29) is 11.8 Å². The minimum atomic E-state index is -0.295. The third kappa shape index (κ3) is 5.29. The highest BCUT2D eigenvalue weighted by atomic mass is 19.1. The number of hydrogen-bond acceptors (Lipinski definition) is 2. The van der Waals surface area contributed by atoms with Gasteiger partial charge in [-0.3, -0.25) is 0 Å². The average molecular weight is 316 g/mol. The molecule has 0 bridgehead atoms. The molecule has 0 radical (unpaired) electrons. The molecule has 0 aromatic heterocycles. The van der Waals surface area contributed by atoms with Crippen LogP contribution < -0.4 is 15.4 Å². The lowest BCUT2D eigenvalue weighted by molar-refractivity contribution is 0.252. The highest BCUT2D eigenvalue weighted by Gasteiger charge is 2.07. The Labute approximate surface area is 135 Å². The highest BCUT2D eigenvalue weighted by molar-refractivity contribution is 5.90. The van der Waals surface area contributed by atoms with E-state index in [1.54, 1.807) is 12.1 Å². The molecule has 0 aliphatic rings. The molecule has 0 atom stereocenters. The zero-order valence-corrected chi connectivity index (χ0v) is 13.4. The number of ether oxygens (including phenoxy) is 1. The van der Waals surface area contributed by atoms with E-state index in [0.717, 1.165) is 11.1 Å². The van der Waals surface area contributed by atoms with E-state index in [4.69, 9.17) is 4.74 Å². The van der Waals surface area contributed by atoms with E-state index in [1.807, 2.05) is 32.0 Å². The monoisotopic (exact) mass is 316 g/mol. The predicted molar refractivity (Wildman–Crippen MR) is 89.5 cm³/mol. The van der Waals surface area contributed by atoms with E-state index in [1.165, 1.54) is 12.1 Å². The lowest BCUT2D eigenvalue weighted by atomic mass is 10.1. The molecule has 2 aromatic carbocycles. The van der Waals surface area contributed by atoms with E-state index < -0.39 is 0 Å². The van der Waals surface area contributed by atoms with Crippen LogP contribution in [-0.2, 0) is 6.42 Å². The standard InChI is InChI=1S/C18H21FN2O2/c1-3-23-17-12-13(2)4-9-16(17)21-18(22)20-11-10-14-5-7-15(19)8-6-14/h4-9,12H,3,10-11H2,1-2H3,(H2,20,21,22). The van der Waals surface area contributed by atoms with Crippen molar-refractivity contribution in [2.24, 2.45) is 0 Å². The minimum absolute atomic E-state index is 0.262. The van der Waals surface area contributed by atoms with Gasteiger partial charge in [0.2, 0.25) is 0 Å². The zero-order valence-electron chi connectivity index (χ0n) is 13.4. The maximum absolute atomic E-state index is 12.8. The van der Waals surface area contributed by atoms with E-state index in [2.05, 4.69) is 10.6 Å². The summed E-state index contributed by atoms with van der Waals surface area (Å²) < 4.78 is 18.3. The summed E-state index contributed by atoms with van der Waals surface area (Å²) in [5.74, 6) is 0.392. The number of nitrogens with one attached hydrogen (secondary N) is 2. The molecule has 0 spiro atoms. The number of halogens is 1. The van der Waals surface area contributed by atoms with Crippen molar-refractivity contribution in [3.8, 4) is 5.75 Å². The van der Waals surface area contributed by atoms with Crippen LogP contribution in [0.15, 0.2) is 42.5 Å². The van der Waals surface area contributed by atoms with Gasteiger partial charge in [0.15, 0.2) is 0 Å². The van der Waals surface area contributed by atoms with Gasteiger partial charge in [-0.2, -0.15) is 0 Å². The van der Waals surface area contributed by atoms with Gasteiger partial charge >= 0.3 is 6.03 Å². The van der Waals surface area contributed by atoms with Crippen molar-refractivity contribution in [3.05, 3.63) is 59.4 Å². The second kappa shape index (κ2) is 8.17. The van der Waals surface area contributed by atoms with Gasteiger partial charge in [-0.15, -0.1) is 0 Å². The normalized spacial score (nSPS) is 10.2. The summed E-state index contributed by atoms with van der Waals surface area (Å²) in [6, 6.07) is 11.6. The molecule has 2 aromatic rings. The molecule has 2 amide bonds. The van der Waals surface area contributed by atoms with Crippen molar-refractivity contribution in [2.45, 2.75) is 20.3 Å². The Morgan fingerprint density at radius 3 is 2.61 bits per heavy atom. The fraction of sp³-hybridized carbons (Fsp3) is 0.278. The van der Waals surface area contributed by atoms with Crippen molar-refractivity contribution in [3.63, 3.8) is 0 Å². The lowest BCUT2D eigenvalue weighted by Gasteiger charge is -2.13. The maximum Gasteiger partial charge on any atom is 0.319 e. The first kappa shape index (κ1) is 16.8. The molecule has 4 nitrogen and oxygen atoms in total. The molecule has 2 N–H and O–H groups in total. The van der Waals surface area contributed by atoms with E-state index >= 15 is 0 Å². The third-order valence-corrected chi connectivity index (χ3v) is 3.30. The number of benzene rings is 2. The second-order valence-electron chi connectivity index (χ2n) is 5.19. The molecule has 122 valence electrons. The Kier molecular flexibility index (Phi) is 5.97. The van der Waals surface area contributed by atoms with Gasteiger partial charge in [0, 0.05) is 6.54 Å². The highest BCUT2D eigenvalue weighted by Crippen LogP contribution is 2.25. The second-order valence-corrected chi connectivity index (χ2v) is 5.19. The average Bonchev–Trinajstić information content (AvgIpc) is 2.52. The molecule has 0 saturated carbocycles. The summed E-state index contributed by atoms with van der Waals surface area (Å²) in [5.41, 5.74) is 2.67. The van der Waals surface area contributed by atoms with Crippen LogP contribution in [0.4, 0.5) is 14.9 Å². The number of anilines is 1. The molecule has 0 aliphatic heterocycles. The third-order valence-electron chi connectivity index (χ3n) is 3.30. The summed E-state index contributed by atoms with van der Waals surface area (Å²) in [7, 11) is 0. The zero-order chi connectivity index (χ0) is 16.7. The number of rotatable bonds is 6. The van der Waals surface area contributed by atoms with Crippen LogP contribution in [0.2, 0.25) is 0 Å². The van der Waals surface area contributed by atoms with Crippen LogP contribution >= 0.6 is 0 Å². The predicted octanol–water partition coefficient (Wildman–Crippen LogP) is 3.90. The first-order chi connectivity index (χ1) is 11.1. The van der Waals surface area contributed by atoms with Crippen LogP contribution in [0.1, 0.15) is 18.1 Å². The molecule has 0 heterocycles. The Bertz CT molecular complexity index is 657. The van der Waals surface area contributed by atoms with E-state index in [9.17, 15) is 9.18 Å². The van der Waals surface area contributed by atoms with Gasteiger partial charge in [-0.1, -0.05) is 18.2 Å². The summed E-state index contributed by atoms with van der Waals surface area (Å²) in [4.78, 5) is 12.0. The largest absolute Gasteiger partial charge is 0.492 e. The molecular formula is C18H21FN2O2. The summed E-state index contributed by atoms with van der Waals surface area (Å²) in [6.07, 6.45) is 0.639. The summed E-state index contributed by atoms with van der Waals surface area (Å²) in [5, 5.41) is 5.56. The smallest absolute Gasteiger partial charge is 0.319 e. The number of carbonyl (C=O) groups excluding carboxylic acids is 1. The van der Waals surface area contributed by atoms with Crippen molar-refractivity contribution < 1.29 is 13.9 Å². The first-order valence-electron chi connectivity index (χ1n) is 7.61. The Morgan fingerprint density at radius 1 is 1.17 bits per heavy atom. The van der Waals surface area contributed by atoms with Crippen molar-refractivity contribution in [1.29, 1.82) is 0 Å². The Morgan fingerprint density at radius 2 is 1.91 bits per heavy atom. The molecule has 0 aliphatic carbocycles. The SMILES string of the molecule is CCOc1cc(C)ccc1NC(=O)NCCc1ccc(F)cc1. The fourth-order valence-corrected chi connectivity index (χ4v) is 2.15. The molecule has 5 heteroatoms. The number of urea groups is 1. The molecule has 2 rings (SSSR count). The number of amides is 2. The maximum atomic E-state index is 12.8. The molecular weight excluding hydrogens is 295 g/mol. The number of hydrogen-bond donors (Lipinski definition) is 2. The van der Waals surface area contributed by atoms with Gasteiger partial charge in [0.1, 0.15) is 11.6 Å². The van der Waals surface area contributed by atoms with Gasteiger partial charge < -0.3 is 15.4 Å². The van der Waals surface area contributed by atoms with Crippen LogP contribution in [-0.4, -0.2) is 19.2 Å². The molecule has 0 unspecified atom stereocenters. The van der Waals surface area contributed by atoms with Gasteiger partial charge in [-0.25, -0.2) is 9.18 Å². The lowest BCUT2D eigenvalue weighted by Crippen LogP contribution is -2.30.